The summed E-state index contributed by atoms with van der Waals surface area (Å²) in [5, 5.41) is 8.82. The lowest BCUT2D eigenvalue weighted by molar-refractivity contribution is 0.0934. The van der Waals surface area contributed by atoms with Crippen LogP contribution in [0.1, 0.15) is 24.2 Å². The lowest BCUT2D eigenvalue weighted by atomic mass is 10.0. The quantitative estimate of drug-likeness (QED) is 0.745. The Morgan fingerprint density at radius 2 is 1.86 bits per heavy atom. The molecule has 4 heteroatoms. The normalized spacial score (nSPS) is 10.6. The summed E-state index contributed by atoms with van der Waals surface area (Å²) in [6, 6.07) is 2.05. The highest BCUT2D eigenvalue weighted by Gasteiger charge is 2.19. The molecule has 0 saturated carbocycles. The van der Waals surface area contributed by atoms with Gasteiger partial charge in [0.1, 0.15) is 0 Å². The Morgan fingerprint density at radius 1 is 1.29 bits per heavy atom. The Labute approximate surface area is 80.2 Å². The molecule has 1 aromatic carbocycles. The molecule has 0 bridgehead atoms. The lowest BCUT2D eigenvalue weighted by Crippen LogP contribution is -2.10. The lowest BCUT2D eigenvalue weighted by Gasteiger charge is -2.06. The van der Waals surface area contributed by atoms with Crippen LogP contribution in [0, 0.1) is 17.6 Å². The Kier molecular flexibility index (Phi) is 2.84. The maximum Gasteiger partial charge on any atom is 0.201 e. The smallest absolute Gasteiger partial charge is 0.201 e. The van der Waals surface area contributed by atoms with Crippen molar-refractivity contribution in [1.82, 2.24) is 0 Å². The molecule has 0 fully saturated rings. The van der Waals surface area contributed by atoms with Crippen molar-refractivity contribution in [3.05, 3.63) is 29.3 Å². The zero-order valence-corrected chi connectivity index (χ0v) is 7.84. The summed E-state index contributed by atoms with van der Waals surface area (Å²) in [6.45, 7) is 3.18. The molecule has 14 heavy (non-hydrogen) atoms. The van der Waals surface area contributed by atoms with Gasteiger partial charge in [-0.15, -0.1) is 0 Å². The van der Waals surface area contributed by atoms with Gasteiger partial charge in [-0.05, 0) is 12.1 Å². The first-order chi connectivity index (χ1) is 6.45. The minimum absolute atomic E-state index is 0.324. The summed E-state index contributed by atoms with van der Waals surface area (Å²) in [4.78, 5) is 11.3. The van der Waals surface area contributed by atoms with E-state index in [9.17, 15) is 13.6 Å². The van der Waals surface area contributed by atoms with E-state index in [1.165, 1.54) is 0 Å². The average Bonchev–Trinajstić information content (AvgIpc) is 2.13. The number of ketones is 1. The number of aromatic hydroxyl groups is 1. The van der Waals surface area contributed by atoms with Gasteiger partial charge in [-0.2, -0.15) is 4.39 Å². The molecule has 0 unspecified atom stereocenters. The van der Waals surface area contributed by atoms with Gasteiger partial charge in [-0.25, -0.2) is 4.39 Å². The zero-order chi connectivity index (χ0) is 10.9. The van der Waals surface area contributed by atoms with Crippen LogP contribution < -0.4 is 0 Å². The van der Waals surface area contributed by atoms with Gasteiger partial charge in [0.05, 0.1) is 5.56 Å². The molecule has 0 radical (unpaired) electrons. The number of Topliss-reactive ketones (excluding diaryl/α,β-unsaturated/α-hetero) is 1. The van der Waals surface area contributed by atoms with Crippen LogP contribution in [0.4, 0.5) is 8.78 Å². The van der Waals surface area contributed by atoms with E-state index in [2.05, 4.69) is 0 Å². The fraction of sp³-hybridized carbons (Fsp3) is 0.300. The average molecular weight is 200 g/mol. The molecule has 0 saturated heterocycles. The summed E-state index contributed by atoms with van der Waals surface area (Å²) in [5.41, 5.74) is -0.324. The number of rotatable bonds is 2. The van der Waals surface area contributed by atoms with E-state index in [0.29, 0.717) is 0 Å². The third kappa shape index (κ3) is 1.73. The van der Waals surface area contributed by atoms with Crippen molar-refractivity contribution in [1.29, 1.82) is 0 Å². The maximum atomic E-state index is 13.1. The van der Waals surface area contributed by atoms with Crippen LogP contribution in [0.15, 0.2) is 12.1 Å². The summed E-state index contributed by atoms with van der Waals surface area (Å²) < 4.78 is 26.0. The van der Waals surface area contributed by atoms with Crippen LogP contribution in [0.5, 0.6) is 5.75 Å². The van der Waals surface area contributed by atoms with Crippen molar-refractivity contribution in [3.8, 4) is 5.75 Å². The molecule has 2 nitrogen and oxygen atoms in total. The van der Waals surface area contributed by atoms with Gasteiger partial charge in [0.2, 0.25) is 5.82 Å². The summed E-state index contributed by atoms with van der Waals surface area (Å²) in [5.74, 6) is -4.35. The monoisotopic (exact) mass is 200 g/mol. The standard InChI is InChI=1S/C10H10F2O2/c1-5(2)10(14)6-3-4-7(13)9(12)8(6)11/h3-5,13H,1-2H3. The van der Waals surface area contributed by atoms with Crippen molar-refractivity contribution < 1.29 is 18.7 Å². The molecule has 0 aliphatic carbocycles. The van der Waals surface area contributed by atoms with Crippen molar-refractivity contribution >= 4 is 5.78 Å². The van der Waals surface area contributed by atoms with Crippen molar-refractivity contribution in [2.75, 3.05) is 0 Å². The fourth-order valence-electron chi connectivity index (χ4n) is 1.04. The Balaban J connectivity index is 3.24. The topological polar surface area (TPSA) is 37.3 Å². The minimum atomic E-state index is -1.38. The van der Waals surface area contributed by atoms with Gasteiger partial charge in [0, 0.05) is 5.92 Å². The van der Waals surface area contributed by atoms with E-state index >= 15 is 0 Å². The first-order valence-electron chi connectivity index (χ1n) is 4.16. The molecule has 0 heterocycles. The first kappa shape index (κ1) is 10.6. The second kappa shape index (κ2) is 3.74. The van der Waals surface area contributed by atoms with E-state index in [1.54, 1.807) is 13.8 Å². The van der Waals surface area contributed by atoms with E-state index in [4.69, 9.17) is 5.11 Å². The molecule has 0 aliphatic rings. The molecular weight excluding hydrogens is 190 g/mol. The van der Waals surface area contributed by atoms with E-state index < -0.39 is 29.1 Å². The predicted molar refractivity (Wildman–Crippen MR) is 47.2 cm³/mol. The van der Waals surface area contributed by atoms with Crippen LogP contribution in [-0.2, 0) is 0 Å². The number of halogens is 2. The molecule has 0 amide bonds. The van der Waals surface area contributed by atoms with Gasteiger partial charge in [-0.3, -0.25) is 4.79 Å². The van der Waals surface area contributed by atoms with E-state index in [0.717, 1.165) is 12.1 Å². The fourth-order valence-corrected chi connectivity index (χ4v) is 1.04. The van der Waals surface area contributed by atoms with Crippen molar-refractivity contribution in [2.45, 2.75) is 13.8 Å². The first-order valence-corrected chi connectivity index (χ1v) is 4.16. The number of phenols is 1. The van der Waals surface area contributed by atoms with E-state index in [-0.39, 0.29) is 5.56 Å². The van der Waals surface area contributed by atoms with Crippen LogP contribution in [0.3, 0.4) is 0 Å². The van der Waals surface area contributed by atoms with Gasteiger partial charge >= 0.3 is 0 Å². The molecule has 1 N–H and O–H groups in total. The molecule has 0 atom stereocenters. The Morgan fingerprint density at radius 3 is 2.36 bits per heavy atom. The number of carbonyl (C=O) groups is 1. The molecule has 0 spiro atoms. The summed E-state index contributed by atoms with van der Waals surface area (Å²) >= 11 is 0. The van der Waals surface area contributed by atoms with Crippen LogP contribution in [-0.4, -0.2) is 10.9 Å². The highest BCUT2D eigenvalue weighted by molar-refractivity contribution is 5.97. The number of hydrogen-bond donors (Lipinski definition) is 1. The summed E-state index contributed by atoms with van der Waals surface area (Å²) in [6.07, 6.45) is 0. The maximum absolute atomic E-state index is 13.1. The predicted octanol–water partition coefficient (Wildman–Crippen LogP) is 2.51. The molecule has 1 aromatic rings. The largest absolute Gasteiger partial charge is 0.505 e. The van der Waals surface area contributed by atoms with Gasteiger partial charge in [0.25, 0.3) is 0 Å². The van der Waals surface area contributed by atoms with Crippen molar-refractivity contribution in [3.63, 3.8) is 0 Å². The van der Waals surface area contributed by atoms with Crippen LogP contribution in [0.25, 0.3) is 0 Å². The minimum Gasteiger partial charge on any atom is -0.505 e. The second-order valence-corrected chi connectivity index (χ2v) is 3.28. The number of benzene rings is 1. The Hall–Kier alpha value is -1.45. The number of carbonyl (C=O) groups excluding carboxylic acids is 1. The van der Waals surface area contributed by atoms with Crippen LogP contribution >= 0.6 is 0 Å². The second-order valence-electron chi connectivity index (χ2n) is 3.28. The summed E-state index contributed by atoms with van der Waals surface area (Å²) in [7, 11) is 0. The molecule has 0 aromatic heterocycles. The van der Waals surface area contributed by atoms with Gasteiger partial charge < -0.3 is 5.11 Å². The third-order valence-corrected chi connectivity index (χ3v) is 1.85. The SMILES string of the molecule is CC(C)C(=O)c1ccc(O)c(F)c1F. The van der Waals surface area contributed by atoms with Gasteiger partial charge in [-0.1, -0.05) is 13.8 Å². The highest BCUT2D eigenvalue weighted by Crippen LogP contribution is 2.22. The Bertz CT molecular complexity index is 373. The van der Waals surface area contributed by atoms with Gasteiger partial charge in [0.15, 0.2) is 17.3 Å². The van der Waals surface area contributed by atoms with E-state index in [1.807, 2.05) is 0 Å². The number of hydrogen-bond acceptors (Lipinski definition) is 2. The molecule has 1 rings (SSSR count). The number of phenolic OH excluding ortho intramolecular Hbond substituents is 1. The molecule has 76 valence electrons. The van der Waals surface area contributed by atoms with Crippen LogP contribution in [0.2, 0.25) is 0 Å². The molecule has 0 aliphatic heterocycles. The zero-order valence-electron chi connectivity index (χ0n) is 7.84. The molecular formula is C10H10F2O2. The highest BCUT2D eigenvalue weighted by atomic mass is 19.2. The van der Waals surface area contributed by atoms with Crippen molar-refractivity contribution in [2.24, 2.45) is 5.92 Å². The third-order valence-electron chi connectivity index (χ3n) is 1.85.